The molecule has 1 aliphatic rings. The number of aromatic nitrogens is 3. The number of nitrogens with one attached hydrogen (secondary N) is 1. The van der Waals surface area contributed by atoms with Crippen LogP contribution in [0, 0.1) is 0 Å². The van der Waals surface area contributed by atoms with E-state index in [0.717, 1.165) is 0 Å². The molecule has 0 spiro atoms. The minimum atomic E-state index is -0.828. The van der Waals surface area contributed by atoms with E-state index in [1.54, 1.807) is 18.2 Å². The summed E-state index contributed by atoms with van der Waals surface area (Å²) in [4.78, 5) is 11.3. The van der Waals surface area contributed by atoms with E-state index in [-0.39, 0.29) is 12.2 Å². The molecule has 1 heterocycles. The molecule has 0 amide bonds. The molecule has 0 aliphatic heterocycles. The van der Waals surface area contributed by atoms with E-state index in [2.05, 4.69) is 15.4 Å². The molecule has 0 fully saturated rings. The van der Waals surface area contributed by atoms with Crippen LogP contribution in [0.1, 0.15) is 18.4 Å². The Balaban J connectivity index is 2.22. The monoisotopic (exact) mass is 263 g/mol. The molecule has 18 heavy (non-hydrogen) atoms. The maximum Gasteiger partial charge on any atom is 0.139 e. The highest BCUT2D eigenvalue weighted by Gasteiger charge is 2.25. The van der Waals surface area contributed by atoms with Crippen molar-refractivity contribution < 1.29 is 9.90 Å². The van der Waals surface area contributed by atoms with Crippen molar-refractivity contribution in [1.82, 2.24) is 15.4 Å². The number of aliphatic hydroxyl groups is 1. The van der Waals surface area contributed by atoms with E-state index in [1.165, 1.54) is 0 Å². The SMILES string of the molecule is O=C1CC=C(c2c(Cl)ccc3n[nH]nc23)C(O)C1. The summed E-state index contributed by atoms with van der Waals surface area (Å²) >= 11 is 6.18. The number of nitrogens with zero attached hydrogens (tertiary/aromatic N) is 2. The summed E-state index contributed by atoms with van der Waals surface area (Å²) < 4.78 is 0. The fourth-order valence-corrected chi connectivity index (χ4v) is 2.46. The number of aromatic amines is 1. The van der Waals surface area contributed by atoms with Gasteiger partial charge in [-0.25, -0.2) is 0 Å². The molecule has 2 N–H and O–H groups in total. The van der Waals surface area contributed by atoms with Crippen molar-refractivity contribution in [3.8, 4) is 0 Å². The van der Waals surface area contributed by atoms with E-state index in [4.69, 9.17) is 11.6 Å². The first kappa shape index (κ1) is 11.4. The first-order valence-electron chi connectivity index (χ1n) is 5.56. The summed E-state index contributed by atoms with van der Waals surface area (Å²) in [7, 11) is 0. The zero-order valence-corrected chi connectivity index (χ0v) is 10.1. The van der Waals surface area contributed by atoms with Gasteiger partial charge in [0.1, 0.15) is 16.8 Å². The molecular formula is C12H10ClN3O2. The number of ketones is 1. The van der Waals surface area contributed by atoms with Crippen LogP contribution in [0.15, 0.2) is 18.2 Å². The van der Waals surface area contributed by atoms with Crippen LogP contribution in [0.5, 0.6) is 0 Å². The van der Waals surface area contributed by atoms with Crippen molar-refractivity contribution in [1.29, 1.82) is 0 Å². The molecule has 3 rings (SSSR count). The van der Waals surface area contributed by atoms with Crippen LogP contribution in [0.2, 0.25) is 5.02 Å². The van der Waals surface area contributed by atoms with Crippen molar-refractivity contribution in [2.75, 3.05) is 0 Å². The number of Topliss-reactive ketones (excluding diaryl/α,β-unsaturated/α-hetero) is 1. The van der Waals surface area contributed by atoms with Crippen molar-refractivity contribution in [2.24, 2.45) is 0 Å². The highest BCUT2D eigenvalue weighted by atomic mass is 35.5. The predicted octanol–water partition coefficient (Wildman–Crippen LogP) is 1.72. The van der Waals surface area contributed by atoms with Crippen LogP contribution in [-0.4, -0.2) is 32.4 Å². The number of fused-ring (bicyclic) bond motifs is 1. The smallest absolute Gasteiger partial charge is 0.139 e. The lowest BCUT2D eigenvalue weighted by atomic mass is 9.89. The van der Waals surface area contributed by atoms with E-state index >= 15 is 0 Å². The number of H-pyrrole nitrogens is 1. The maximum absolute atomic E-state index is 11.3. The molecule has 2 aromatic rings. The van der Waals surface area contributed by atoms with Crippen LogP contribution < -0.4 is 0 Å². The molecule has 0 radical (unpaired) electrons. The highest BCUT2D eigenvalue weighted by Crippen LogP contribution is 2.34. The maximum atomic E-state index is 11.3. The van der Waals surface area contributed by atoms with Crippen molar-refractivity contribution in [3.05, 3.63) is 28.8 Å². The minimum Gasteiger partial charge on any atom is -0.388 e. The van der Waals surface area contributed by atoms with Gasteiger partial charge in [0.05, 0.1) is 11.1 Å². The third-order valence-corrected chi connectivity index (χ3v) is 3.37. The number of carbonyl (C=O) groups is 1. The average molecular weight is 264 g/mol. The highest BCUT2D eigenvalue weighted by molar-refractivity contribution is 6.33. The second-order valence-corrected chi connectivity index (χ2v) is 4.64. The van der Waals surface area contributed by atoms with Crippen molar-refractivity contribution in [2.45, 2.75) is 18.9 Å². The van der Waals surface area contributed by atoms with E-state index in [1.807, 2.05) is 0 Å². The second kappa shape index (κ2) is 4.19. The van der Waals surface area contributed by atoms with Gasteiger partial charge in [-0.05, 0) is 17.7 Å². The standard InChI is InChI=1S/C12H10ClN3O2/c13-8-3-4-9-12(15-16-14-9)11(8)7-2-1-6(17)5-10(7)18/h2-4,10,18H,1,5H2,(H,14,15,16). The molecule has 1 unspecified atom stereocenters. The topological polar surface area (TPSA) is 78.9 Å². The Morgan fingerprint density at radius 2 is 2.22 bits per heavy atom. The zero-order chi connectivity index (χ0) is 12.7. The molecule has 1 atom stereocenters. The fraction of sp³-hybridized carbons (Fsp3) is 0.250. The van der Waals surface area contributed by atoms with Gasteiger partial charge in [0.2, 0.25) is 0 Å². The van der Waals surface area contributed by atoms with Gasteiger partial charge in [0.25, 0.3) is 0 Å². The number of aliphatic hydroxyl groups excluding tert-OH is 1. The van der Waals surface area contributed by atoms with Gasteiger partial charge in [-0.15, -0.1) is 0 Å². The summed E-state index contributed by atoms with van der Waals surface area (Å²) in [6, 6.07) is 3.47. The fourth-order valence-electron chi connectivity index (χ4n) is 2.20. The lowest BCUT2D eigenvalue weighted by Gasteiger charge is -2.19. The Kier molecular flexibility index (Phi) is 2.65. The largest absolute Gasteiger partial charge is 0.388 e. The van der Waals surface area contributed by atoms with Gasteiger partial charge in [0.15, 0.2) is 0 Å². The molecule has 0 saturated heterocycles. The molecule has 92 valence electrons. The number of benzene rings is 1. The van der Waals surface area contributed by atoms with Gasteiger partial charge < -0.3 is 5.11 Å². The average Bonchev–Trinajstić information content (AvgIpc) is 2.79. The van der Waals surface area contributed by atoms with E-state index in [0.29, 0.717) is 33.6 Å². The molecule has 1 aliphatic carbocycles. The van der Waals surface area contributed by atoms with Crippen molar-refractivity contribution in [3.63, 3.8) is 0 Å². The summed E-state index contributed by atoms with van der Waals surface area (Å²) in [5.74, 6) is 0.0229. The van der Waals surface area contributed by atoms with E-state index < -0.39 is 6.10 Å². The summed E-state index contributed by atoms with van der Waals surface area (Å²) in [5, 5.41) is 21.1. The molecule has 1 aromatic heterocycles. The number of carbonyl (C=O) groups excluding carboxylic acids is 1. The van der Waals surface area contributed by atoms with E-state index in [9.17, 15) is 9.90 Å². The molecule has 0 saturated carbocycles. The molecule has 1 aromatic carbocycles. The summed E-state index contributed by atoms with van der Waals surface area (Å²) in [6.45, 7) is 0. The predicted molar refractivity (Wildman–Crippen MR) is 67.1 cm³/mol. The van der Waals surface area contributed by atoms with Crippen LogP contribution >= 0.6 is 11.6 Å². The molecule has 0 bridgehead atoms. The number of rotatable bonds is 1. The first-order valence-corrected chi connectivity index (χ1v) is 5.94. The van der Waals surface area contributed by atoms with Gasteiger partial charge in [0, 0.05) is 18.4 Å². The number of hydrogen-bond donors (Lipinski definition) is 2. The van der Waals surface area contributed by atoms with Crippen LogP contribution in [0.3, 0.4) is 0 Å². The second-order valence-electron chi connectivity index (χ2n) is 4.24. The zero-order valence-electron chi connectivity index (χ0n) is 9.35. The van der Waals surface area contributed by atoms with Gasteiger partial charge in [-0.1, -0.05) is 17.7 Å². The Morgan fingerprint density at radius 1 is 1.39 bits per heavy atom. The summed E-state index contributed by atoms with van der Waals surface area (Å²) in [5.41, 5.74) is 2.60. The minimum absolute atomic E-state index is 0.0229. The Morgan fingerprint density at radius 3 is 3.00 bits per heavy atom. The third-order valence-electron chi connectivity index (χ3n) is 3.06. The van der Waals surface area contributed by atoms with Crippen LogP contribution in [0.25, 0.3) is 16.6 Å². The van der Waals surface area contributed by atoms with Crippen LogP contribution in [0.4, 0.5) is 0 Å². The lowest BCUT2D eigenvalue weighted by molar-refractivity contribution is -0.119. The Bertz CT molecular complexity index is 662. The van der Waals surface area contributed by atoms with Gasteiger partial charge in [-0.2, -0.15) is 15.4 Å². The molecule has 6 heteroatoms. The molecular weight excluding hydrogens is 254 g/mol. The number of allylic oxidation sites excluding steroid dienone is 1. The number of hydrogen-bond acceptors (Lipinski definition) is 4. The Hall–Kier alpha value is -1.72. The quantitative estimate of drug-likeness (QED) is 0.821. The molecule has 5 nitrogen and oxygen atoms in total. The lowest BCUT2D eigenvalue weighted by Crippen LogP contribution is -2.19. The number of halogens is 1. The van der Waals surface area contributed by atoms with Gasteiger partial charge >= 0.3 is 0 Å². The van der Waals surface area contributed by atoms with Crippen LogP contribution in [-0.2, 0) is 4.79 Å². The third kappa shape index (κ3) is 1.72. The van der Waals surface area contributed by atoms with Crippen molar-refractivity contribution >= 4 is 34.0 Å². The normalized spacial score (nSPS) is 20.2. The Labute approximate surface area is 107 Å². The van der Waals surface area contributed by atoms with Gasteiger partial charge in [-0.3, -0.25) is 4.79 Å². The summed E-state index contributed by atoms with van der Waals surface area (Å²) in [6.07, 6.45) is 1.32. The first-order chi connectivity index (χ1) is 8.66.